The summed E-state index contributed by atoms with van der Waals surface area (Å²) in [6.07, 6.45) is 3.92. The van der Waals surface area contributed by atoms with Crippen molar-refractivity contribution < 1.29 is 19.4 Å². The monoisotopic (exact) mass is 340 g/mol. The third kappa shape index (κ3) is 3.96. The zero-order valence-electron chi connectivity index (χ0n) is 13.8. The molecule has 2 N–H and O–H groups in total. The average Bonchev–Trinajstić information content (AvgIpc) is 3.11. The molecule has 2 aromatic rings. The highest BCUT2D eigenvalue weighted by atomic mass is 16.5. The van der Waals surface area contributed by atoms with Crippen molar-refractivity contribution >= 4 is 11.9 Å². The maximum absolute atomic E-state index is 12.3. The van der Waals surface area contributed by atoms with E-state index in [0.717, 1.165) is 18.4 Å². The first-order valence-corrected chi connectivity index (χ1v) is 8.28. The molecule has 1 aromatic heterocycles. The third-order valence-electron chi connectivity index (χ3n) is 4.45. The first kappa shape index (κ1) is 17.0. The summed E-state index contributed by atoms with van der Waals surface area (Å²) in [5, 5.41) is 12.1. The van der Waals surface area contributed by atoms with Crippen molar-refractivity contribution in [3.63, 3.8) is 0 Å². The highest BCUT2D eigenvalue weighted by Gasteiger charge is 2.42. The van der Waals surface area contributed by atoms with Crippen LogP contribution in [0.2, 0.25) is 0 Å². The van der Waals surface area contributed by atoms with E-state index >= 15 is 0 Å². The zero-order chi connectivity index (χ0) is 17.7. The molecule has 1 heterocycles. The second-order valence-electron chi connectivity index (χ2n) is 6.21. The standard InChI is InChI=1S/C19H20N2O4/c22-17(21-19(18(23)24)10-4-5-11-19)15-8-9-16(20-12-15)25-13-14-6-2-1-3-7-14/h1-3,6-9,12H,4-5,10-11,13H2,(H,21,22)(H,23,24). The number of pyridine rings is 1. The summed E-state index contributed by atoms with van der Waals surface area (Å²) in [5.74, 6) is -0.991. The van der Waals surface area contributed by atoms with Gasteiger partial charge in [-0.3, -0.25) is 4.79 Å². The largest absolute Gasteiger partial charge is 0.480 e. The van der Waals surface area contributed by atoms with Crippen molar-refractivity contribution in [2.45, 2.75) is 37.8 Å². The average molecular weight is 340 g/mol. The first-order valence-electron chi connectivity index (χ1n) is 8.28. The Hall–Kier alpha value is -2.89. The summed E-state index contributed by atoms with van der Waals surface area (Å²) >= 11 is 0. The van der Waals surface area contributed by atoms with Gasteiger partial charge in [0.1, 0.15) is 12.1 Å². The number of ether oxygens (including phenoxy) is 1. The SMILES string of the molecule is O=C(NC1(C(=O)O)CCCC1)c1ccc(OCc2ccccc2)nc1. The van der Waals surface area contributed by atoms with Gasteiger partial charge in [-0.1, -0.05) is 43.2 Å². The van der Waals surface area contributed by atoms with E-state index in [-0.39, 0.29) is 0 Å². The van der Waals surface area contributed by atoms with E-state index in [1.165, 1.54) is 6.20 Å². The van der Waals surface area contributed by atoms with Crippen molar-refractivity contribution in [2.24, 2.45) is 0 Å². The number of nitrogens with zero attached hydrogens (tertiary/aromatic N) is 1. The molecule has 1 aromatic carbocycles. The number of carboxylic acids is 1. The number of aromatic nitrogens is 1. The van der Waals surface area contributed by atoms with Crippen LogP contribution in [0.15, 0.2) is 48.7 Å². The van der Waals surface area contributed by atoms with Gasteiger partial charge >= 0.3 is 5.97 Å². The van der Waals surface area contributed by atoms with Crippen LogP contribution >= 0.6 is 0 Å². The fraction of sp³-hybridized carbons (Fsp3) is 0.316. The van der Waals surface area contributed by atoms with Crippen LogP contribution in [0.5, 0.6) is 5.88 Å². The second kappa shape index (κ2) is 7.34. The lowest BCUT2D eigenvalue weighted by molar-refractivity contribution is -0.144. The van der Waals surface area contributed by atoms with Gasteiger partial charge in [-0.05, 0) is 24.5 Å². The molecule has 0 unspecified atom stereocenters. The van der Waals surface area contributed by atoms with Crippen molar-refractivity contribution in [3.8, 4) is 5.88 Å². The Balaban J connectivity index is 1.61. The number of hydrogen-bond donors (Lipinski definition) is 2. The molecule has 0 atom stereocenters. The van der Waals surface area contributed by atoms with Crippen molar-refractivity contribution in [2.75, 3.05) is 0 Å². The van der Waals surface area contributed by atoms with Gasteiger partial charge in [0.15, 0.2) is 0 Å². The Labute approximate surface area is 145 Å². The van der Waals surface area contributed by atoms with Crippen molar-refractivity contribution in [1.29, 1.82) is 0 Å². The molecule has 6 nitrogen and oxygen atoms in total. The molecule has 3 rings (SSSR count). The molecule has 130 valence electrons. The van der Waals surface area contributed by atoms with Crippen molar-refractivity contribution in [1.82, 2.24) is 10.3 Å². The van der Waals surface area contributed by atoms with Gasteiger partial charge in [-0.25, -0.2) is 9.78 Å². The van der Waals surface area contributed by atoms with Crippen LogP contribution in [0.4, 0.5) is 0 Å². The van der Waals surface area contributed by atoms with Crippen LogP contribution in [0.25, 0.3) is 0 Å². The maximum Gasteiger partial charge on any atom is 0.329 e. The lowest BCUT2D eigenvalue weighted by Gasteiger charge is -2.25. The molecule has 1 fully saturated rings. The molecule has 1 aliphatic carbocycles. The predicted molar refractivity (Wildman–Crippen MR) is 91.3 cm³/mol. The molecular weight excluding hydrogens is 320 g/mol. The Morgan fingerprint density at radius 1 is 1.12 bits per heavy atom. The van der Waals surface area contributed by atoms with Gasteiger partial charge in [0.05, 0.1) is 5.56 Å². The van der Waals surface area contributed by atoms with E-state index < -0.39 is 17.4 Å². The molecular formula is C19H20N2O4. The molecule has 0 bridgehead atoms. The highest BCUT2D eigenvalue weighted by molar-refractivity contribution is 5.97. The lowest BCUT2D eigenvalue weighted by atomic mass is 9.97. The summed E-state index contributed by atoms with van der Waals surface area (Å²) in [5.41, 5.74) is 0.190. The first-order chi connectivity index (χ1) is 12.1. The summed E-state index contributed by atoms with van der Waals surface area (Å²) in [4.78, 5) is 28.0. The van der Waals surface area contributed by atoms with Gasteiger partial charge in [-0.15, -0.1) is 0 Å². The predicted octanol–water partition coefficient (Wildman–Crippen LogP) is 2.79. The molecule has 0 spiro atoms. The normalized spacial score (nSPS) is 15.5. The van der Waals surface area contributed by atoms with Crippen molar-refractivity contribution in [3.05, 3.63) is 59.8 Å². The van der Waals surface area contributed by atoms with E-state index in [4.69, 9.17) is 4.74 Å². The Morgan fingerprint density at radius 3 is 2.44 bits per heavy atom. The molecule has 6 heteroatoms. The van der Waals surface area contributed by atoms with Gasteiger partial charge < -0.3 is 15.2 Å². The summed E-state index contributed by atoms with van der Waals surface area (Å²) in [6.45, 7) is 0.390. The number of carbonyl (C=O) groups excluding carboxylic acids is 1. The summed E-state index contributed by atoms with van der Waals surface area (Å²) in [7, 11) is 0. The molecule has 0 aliphatic heterocycles. The van der Waals surface area contributed by atoms with Gasteiger partial charge in [0.2, 0.25) is 5.88 Å². The minimum Gasteiger partial charge on any atom is -0.480 e. The van der Waals surface area contributed by atoms with E-state index in [1.54, 1.807) is 12.1 Å². The summed E-state index contributed by atoms with van der Waals surface area (Å²) in [6, 6.07) is 12.9. The van der Waals surface area contributed by atoms with Crippen LogP contribution in [0.1, 0.15) is 41.6 Å². The Bertz CT molecular complexity index is 738. The Morgan fingerprint density at radius 2 is 1.84 bits per heavy atom. The third-order valence-corrected chi connectivity index (χ3v) is 4.45. The summed E-state index contributed by atoms with van der Waals surface area (Å²) < 4.78 is 5.58. The Kier molecular flexibility index (Phi) is 4.97. The molecule has 1 saturated carbocycles. The van der Waals surface area contributed by atoms with E-state index in [1.807, 2.05) is 30.3 Å². The molecule has 1 aliphatic rings. The molecule has 0 saturated heterocycles. The smallest absolute Gasteiger partial charge is 0.329 e. The minimum atomic E-state index is -1.15. The lowest BCUT2D eigenvalue weighted by Crippen LogP contribution is -2.52. The van der Waals surface area contributed by atoms with Crippen LogP contribution < -0.4 is 10.1 Å². The van der Waals surface area contributed by atoms with E-state index in [2.05, 4.69) is 10.3 Å². The van der Waals surface area contributed by atoms with Gasteiger partial charge in [0.25, 0.3) is 5.91 Å². The molecule has 25 heavy (non-hydrogen) atoms. The number of hydrogen-bond acceptors (Lipinski definition) is 4. The topological polar surface area (TPSA) is 88.5 Å². The number of amides is 1. The quantitative estimate of drug-likeness (QED) is 0.844. The highest BCUT2D eigenvalue weighted by Crippen LogP contribution is 2.30. The fourth-order valence-electron chi connectivity index (χ4n) is 2.99. The van der Waals surface area contributed by atoms with Gasteiger partial charge in [0, 0.05) is 12.3 Å². The van der Waals surface area contributed by atoms with Crippen LogP contribution in [0, 0.1) is 0 Å². The van der Waals surface area contributed by atoms with Crippen LogP contribution in [-0.4, -0.2) is 27.5 Å². The second-order valence-corrected chi connectivity index (χ2v) is 6.21. The van der Waals surface area contributed by atoms with Gasteiger partial charge in [-0.2, -0.15) is 0 Å². The zero-order valence-corrected chi connectivity index (χ0v) is 13.8. The van der Waals surface area contributed by atoms with Crippen LogP contribution in [-0.2, 0) is 11.4 Å². The number of nitrogens with one attached hydrogen (secondary N) is 1. The molecule has 0 radical (unpaired) electrons. The fourth-order valence-corrected chi connectivity index (χ4v) is 2.99. The van der Waals surface area contributed by atoms with E-state index in [9.17, 15) is 14.7 Å². The number of aliphatic carboxylic acids is 1. The minimum absolute atomic E-state index is 0.319. The number of benzene rings is 1. The number of carboxylic acid groups (broad SMARTS) is 1. The molecule has 1 amide bonds. The number of rotatable bonds is 6. The van der Waals surface area contributed by atoms with E-state index in [0.29, 0.717) is 30.9 Å². The maximum atomic E-state index is 12.3. The number of carbonyl (C=O) groups is 2. The van der Waals surface area contributed by atoms with Crippen LogP contribution in [0.3, 0.4) is 0 Å².